The van der Waals surface area contributed by atoms with Gasteiger partial charge in [-0.1, -0.05) is 44.9 Å². The molecule has 2 heterocycles. The lowest BCUT2D eigenvalue weighted by Crippen LogP contribution is -2.46. The van der Waals surface area contributed by atoms with Crippen molar-refractivity contribution in [3.8, 4) is 5.75 Å². The Bertz CT molecular complexity index is 785. The van der Waals surface area contributed by atoms with E-state index in [0.29, 0.717) is 25.1 Å². The van der Waals surface area contributed by atoms with Crippen LogP contribution in [0.2, 0.25) is 0 Å². The Morgan fingerprint density at radius 3 is 2.52 bits per heavy atom. The van der Waals surface area contributed by atoms with Crippen LogP contribution in [-0.4, -0.2) is 27.4 Å². The van der Waals surface area contributed by atoms with Crippen molar-refractivity contribution < 1.29 is 14.3 Å². The minimum Gasteiger partial charge on any atom is -0.486 e. The molecule has 3 amide bonds. The normalized spacial score (nSPS) is 15.9. The highest BCUT2D eigenvalue weighted by molar-refractivity contribution is 7.09. The van der Waals surface area contributed by atoms with Crippen molar-refractivity contribution in [3.63, 3.8) is 0 Å². The number of thiazole rings is 1. The zero-order chi connectivity index (χ0) is 19.3. The van der Waals surface area contributed by atoms with Crippen LogP contribution in [0.5, 0.6) is 5.75 Å². The molecule has 144 valence electrons. The van der Waals surface area contributed by atoms with E-state index >= 15 is 0 Å². The van der Waals surface area contributed by atoms with Crippen LogP contribution in [0, 0.1) is 0 Å². The van der Waals surface area contributed by atoms with Crippen LogP contribution in [0.25, 0.3) is 0 Å². The van der Waals surface area contributed by atoms with Crippen molar-refractivity contribution in [2.75, 3.05) is 0 Å². The van der Waals surface area contributed by atoms with E-state index in [1.165, 1.54) is 16.2 Å². The quantitative estimate of drug-likeness (QED) is 0.657. The number of imide groups is 1. The number of nitrogens with zero attached hydrogens (tertiary/aromatic N) is 2. The average molecular weight is 388 g/mol. The number of hydrogen-bond acceptors (Lipinski definition) is 5. The van der Waals surface area contributed by atoms with E-state index in [1.54, 1.807) is 0 Å². The number of benzene rings is 1. The van der Waals surface area contributed by atoms with Crippen molar-refractivity contribution >= 4 is 23.3 Å². The van der Waals surface area contributed by atoms with E-state index in [9.17, 15) is 9.59 Å². The monoisotopic (exact) mass is 387 g/mol. The first kappa shape index (κ1) is 19.4. The zero-order valence-electron chi connectivity index (χ0n) is 15.7. The molecule has 1 aliphatic rings. The molecule has 6 nitrogen and oxygen atoms in total. The molecule has 0 radical (unpaired) electrons. The summed E-state index contributed by atoms with van der Waals surface area (Å²) in [6.45, 7) is 4.62. The maximum absolute atomic E-state index is 12.9. The third kappa shape index (κ3) is 4.30. The molecule has 0 atom stereocenters. The van der Waals surface area contributed by atoms with Gasteiger partial charge >= 0.3 is 6.03 Å². The van der Waals surface area contributed by atoms with E-state index in [-0.39, 0.29) is 18.5 Å². The first-order valence-electron chi connectivity index (χ1n) is 9.33. The van der Waals surface area contributed by atoms with E-state index in [4.69, 9.17) is 4.74 Å². The Morgan fingerprint density at radius 2 is 1.85 bits per heavy atom. The molecule has 27 heavy (non-hydrogen) atoms. The van der Waals surface area contributed by atoms with Gasteiger partial charge < -0.3 is 10.1 Å². The molecule has 0 spiro atoms. The van der Waals surface area contributed by atoms with Crippen molar-refractivity contribution in [2.24, 2.45) is 0 Å². The lowest BCUT2D eigenvalue weighted by molar-refractivity contribution is -0.132. The van der Waals surface area contributed by atoms with Crippen LogP contribution < -0.4 is 10.1 Å². The fourth-order valence-electron chi connectivity index (χ4n) is 3.45. The summed E-state index contributed by atoms with van der Waals surface area (Å²) >= 11 is 1.47. The van der Waals surface area contributed by atoms with E-state index in [2.05, 4.69) is 10.3 Å². The van der Waals surface area contributed by atoms with E-state index in [1.807, 2.05) is 49.6 Å². The van der Waals surface area contributed by atoms with Gasteiger partial charge in [-0.15, -0.1) is 11.3 Å². The molecule has 1 fully saturated rings. The van der Waals surface area contributed by atoms with Crippen LogP contribution in [0.1, 0.15) is 50.2 Å². The second kappa shape index (κ2) is 8.52. The van der Waals surface area contributed by atoms with Gasteiger partial charge in [-0.3, -0.25) is 9.69 Å². The van der Waals surface area contributed by atoms with Gasteiger partial charge in [0.15, 0.2) is 0 Å². The van der Waals surface area contributed by atoms with Crippen molar-refractivity contribution in [1.82, 2.24) is 15.2 Å². The number of para-hydroxylation sites is 1. The smallest absolute Gasteiger partial charge is 0.325 e. The van der Waals surface area contributed by atoms with E-state index < -0.39 is 5.54 Å². The Morgan fingerprint density at radius 1 is 1.15 bits per heavy atom. The summed E-state index contributed by atoms with van der Waals surface area (Å²) in [4.78, 5) is 31.2. The number of aromatic nitrogens is 1. The zero-order valence-corrected chi connectivity index (χ0v) is 16.6. The van der Waals surface area contributed by atoms with Gasteiger partial charge in [-0.05, 0) is 25.0 Å². The predicted molar refractivity (Wildman–Crippen MR) is 105 cm³/mol. The first-order chi connectivity index (χ1) is 13.1. The highest BCUT2D eigenvalue weighted by Crippen LogP contribution is 2.29. The Labute approximate surface area is 163 Å². The molecule has 3 rings (SSSR count). The van der Waals surface area contributed by atoms with Crippen LogP contribution in [0.4, 0.5) is 4.79 Å². The largest absolute Gasteiger partial charge is 0.486 e. The fraction of sp³-hybridized carbons (Fsp3) is 0.450. The van der Waals surface area contributed by atoms with Gasteiger partial charge in [0.2, 0.25) is 0 Å². The maximum atomic E-state index is 12.9. The summed E-state index contributed by atoms with van der Waals surface area (Å²) < 4.78 is 5.70. The maximum Gasteiger partial charge on any atom is 0.325 e. The average Bonchev–Trinajstić information content (AvgIpc) is 3.20. The van der Waals surface area contributed by atoms with Gasteiger partial charge in [0, 0.05) is 5.38 Å². The molecule has 0 saturated carbocycles. The lowest BCUT2D eigenvalue weighted by Gasteiger charge is -2.25. The molecule has 0 unspecified atom stereocenters. The number of amides is 3. The van der Waals surface area contributed by atoms with Crippen LogP contribution >= 0.6 is 11.3 Å². The number of carbonyl (C=O) groups is 2. The SMILES string of the molecule is CCCC1(CCC)NC(=O)N(Cc2csc(COc3ccccc3)n2)C1=O. The third-order valence-electron chi connectivity index (χ3n) is 4.62. The van der Waals surface area contributed by atoms with Crippen molar-refractivity contribution in [2.45, 2.75) is 58.2 Å². The standard InChI is InChI=1S/C20H25N3O3S/c1-3-10-20(11-4-2)18(24)23(19(25)22-20)12-15-14-27-17(21-15)13-26-16-8-6-5-7-9-16/h5-9,14H,3-4,10-13H2,1-2H3,(H,22,25). The third-order valence-corrected chi connectivity index (χ3v) is 5.50. The van der Waals surface area contributed by atoms with Crippen molar-refractivity contribution in [1.29, 1.82) is 0 Å². The number of carbonyl (C=O) groups excluding carboxylic acids is 2. The molecule has 1 N–H and O–H groups in total. The summed E-state index contributed by atoms with van der Waals surface area (Å²) in [6, 6.07) is 9.23. The summed E-state index contributed by atoms with van der Waals surface area (Å²) in [5.74, 6) is 0.651. The highest BCUT2D eigenvalue weighted by atomic mass is 32.1. The van der Waals surface area contributed by atoms with Gasteiger partial charge in [-0.2, -0.15) is 0 Å². The van der Waals surface area contributed by atoms with Crippen LogP contribution in [-0.2, 0) is 17.9 Å². The summed E-state index contributed by atoms with van der Waals surface area (Å²) in [5, 5.41) is 5.62. The summed E-state index contributed by atoms with van der Waals surface area (Å²) in [6.07, 6.45) is 3.01. The minimum atomic E-state index is -0.754. The lowest BCUT2D eigenvalue weighted by atomic mass is 9.88. The summed E-state index contributed by atoms with van der Waals surface area (Å²) in [5.41, 5.74) is -0.0467. The minimum absolute atomic E-state index is 0.133. The molecule has 2 aromatic rings. The number of urea groups is 1. The van der Waals surface area contributed by atoms with Gasteiger partial charge in [0.1, 0.15) is 22.9 Å². The number of ether oxygens (including phenoxy) is 1. The topological polar surface area (TPSA) is 71.5 Å². The number of nitrogens with one attached hydrogen (secondary N) is 1. The van der Waals surface area contributed by atoms with Gasteiger partial charge in [-0.25, -0.2) is 9.78 Å². The fourth-order valence-corrected chi connectivity index (χ4v) is 4.15. The highest BCUT2D eigenvalue weighted by Gasteiger charge is 2.49. The van der Waals surface area contributed by atoms with Gasteiger partial charge in [0.05, 0.1) is 12.2 Å². The molecule has 1 aliphatic heterocycles. The molecular formula is C20H25N3O3S. The second-order valence-corrected chi connectivity index (χ2v) is 7.68. The van der Waals surface area contributed by atoms with Crippen LogP contribution in [0.3, 0.4) is 0 Å². The van der Waals surface area contributed by atoms with E-state index in [0.717, 1.165) is 23.6 Å². The molecule has 1 saturated heterocycles. The molecule has 1 aromatic heterocycles. The predicted octanol–water partition coefficient (Wildman–Crippen LogP) is 4.11. The van der Waals surface area contributed by atoms with Gasteiger partial charge in [0.25, 0.3) is 5.91 Å². The Hall–Kier alpha value is -2.41. The van der Waals surface area contributed by atoms with Crippen LogP contribution in [0.15, 0.2) is 35.7 Å². The molecule has 0 bridgehead atoms. The molecule has 1 aromatic carbocycles. The summed E-state index contributed by atoms with van der Waals surface area (Å²) in [7, 11) is 0. The first-order valence-corrected chi connectivity index (χ1v) is 10.2. The van der Waals surface area contributed by atoms with Crippen molar-refractivity contribution in [3.05, 3.63) is 46.4 Å². The number of hydrogen-bond donors (Lipinski definition) is 1. The Kier molecular flexibility index (Phi) is 6.11. The Balaban J connectivity index is 1.64. The number of rotatable bonds is 9. The molecule has 7 heteroatoms. The second-order valence-electron chi connectivity index (χ2n) is 6.74. The molecule has 0 aliphatic carbocycles. The molecular weight excluding hydrogens is 362 g/mol.